The van der Waals surface area contributed by atoms with Crippen LogP contribution in [0.4, 0.5) is 0 Å². The molecule has 0 aliphatic carbocycles. The van der Waals surface area contributed by atoms with E-state index in [1.54, 1.807) is 24.3 Å². The van der Waals surface area contributed by atoms with Crippen LogP contribution in [-0.2, 0) is 4.79 Å². The van der Waals surface area contributed by atoms with Gasteiger partial charge < -0.3 is 4.74 Å². The molecule has 17 heavy (non-hydrogen) atoms. The molecule has 0 saturated heterocycles. The van der Waals surface area contributed by atoms with Crippen LogP contribution >= 0.6 is 0 Å². The van der Waals surface area contributed by atoms with Gasteiger partial charge in [-0.3, -0.25) is 9.59 Å². The summed E-state index contributed by atoms with van der Waals surface area (Å²) in [5.74, 6) is 0.533. The number of carbonyl (C=O) groups excluding carboxylic acids is 2. The molecule has 0 atom stereocenters. The summed E-state index contributed by atoms with van der Waals surface area (Å²) in [6.45, 7) is 4.38. The number of Topliss-reactive ketones (excluding diaryl/α,β-unsaturated/α-hetero) is 2. The molecule has 0 heterocycles. The second-order valence-corrected chi connectivity index (χ2v) is 3.85. The van der Waals surface area contributed by atoms with Crippen molar-refractivity contribution < 1.29 is 14.3 Å². The number of rotatable bonds is 7. The minimum Gasteiger partial charge on any atom is -0.494 e. The highest BCUT2D eigenvalue weighted by Gasteiger charge is 2.11. The van der Waals surface area contributed by atoms with E-state index in [0.717, 1.165) is 6.42 Å². The Kier molecular flexibility index (Phi) is 5.40. The van der Waals surface area contributed by atoms with E-state index in [1.807, 2.05) is 13.8 Å². The molecule has 0 bridgehead atoms. The summed E-state index contributed by atoms with van der Waals surface area (Å²) < 4.78 is 5.31. The molecule has 0 fully saturated rings. The van der Waals surface area contributed by atoms with Crippen LogP contribution in [0.3, 0.4) is 0 Å². The smallest absolute Gasteiger partial charge is 0.170 e. The van der Waals surface area contributed by atoms with Gasteiger partial charge in [-0.05, 0) is 25.5 Å². The summed E-state index contributed by atoms with van der Waals surface area (Å²) in [4.78, 5) is 23.2. The minimum atomic E-state index is -0.134. The molecule has 92 valence electrons. The summed E-state index contributed by atoms with van der Waals surface area (Å²) in [5.41, 5.74) is 0.542. The summed E-state index contributed by atoms with van der Waals surface area (Å²) in [6, 6.07) is 6.96. The first-order chi connectivity index (χ1) is 8.17. The number of hydrogen-bond donors (Lipinski definition) is 0. The summed E-state index contributed by atoms with van der Waals surface area (Å²) in [6.07, 6.45) is 1.24. The van der Waals surface area contributed by atoms with Crippen molar-refractivity contribution in [2.45, 2.75) is 33.1 Å². The Bertz CT molecular complexity index is 396. The molecule has 0 amide bonds. The Morgan fingerprint density at radius 2 is 2.00 bits per heavy atom. The Morgan fingerprint density at radius 1 is 1.24 bits per heavy atom. The quantitative estimate of drug-likeness (QED) is 0.538. The maximum atomic E-state index is 11.8. The second-order valence-electron chi connectivity index (χ2n) is 3.85. The lowest BCUT2D eigenvalue weighted by Gasteiger charge is -2.05. The van der Waals surface area contributed by atoms with Gasteiger partial charge in [-0.1, -0.05) is 19.1 Å². The maximum Gasteiger partial charge on any atom is 0.170 e. The molecular weight excluding hydrogens is 216 g/mol. The molecule has 1 aromatic rings. The highest BCUT2D eigenvalue weighted by atomic mass is 16.5. The second kappa shape index (κ2) is 6.84. The van der Waals surface area contributed by atoms with Gasteiger partial charge in [0.15, 0.2) is 5.78 Å². The van der Waals surface area contributed by atoms with E-state index in [0.29, 0.717) is 24.3 Å². The topological polar surface area (TPSA) is 43.4 Å². The van der Waals surface area contributed by atoms with Crippen LogP contribution in [0.1, 0.15) is 43.5 Å². The highest BCUT2D eigenvalue weighted by Crippen LogP contribution is 2.15. The summed E-state index contributed by atoms with van der Waals surface area (Å²) >= 11 is 0. The van der Waals surface area contributed by atoms with E-state index in [1.165, 1.54) is 0 Å². The molecule has 0 unspecified atom stereocenters. The SMILES string of the molecule is CCCC(=O)CC(=O)c1cccc(OCC)c1. The molecular formula is C14H18O3. The molecule has 3 nitrogen and oxygen atoms in total. The fourth-order valence-electron chi connectivity index (χ4n) is 1.57. The van der Waals surface area contributed by atoms with Gasteiger partial charge in [-0.15, -0.1) is 0 Å². The Balaban J connectivity index is 2.68. The molecule has 1 aromatic carbocycles. The Morgan fingerprint density at radius 3 is 2.65 bits per heavy atom. The first kappa shape index (κ1) is 13.4. The normalized spacial score (nSPS) is 10.0. The van der Waals surface area contributed by atoms with Crippen LogP contribution in [0.2, 0.25) is 0 Å². The lowest BCUT2D eigenvalue weighted by Crippen LogP contribution is -2.08. The van der Waals surface area contributed by atoms with Crippen molar-refractivity contribution in [3.63, 3.8) is 0 Å². The fraction of sp³-hybridized carbons (Fsp3) is 0.429. The molecule has 1 rings (SSSR count). The number of carbonyl (C=O) groups is 2. The van der Waals surface area contributed by atoms with Gasteiger partial charge in [0.2, 0.25) is 0 Å². The van der Waals surface area contributed by atoms with Crippen LogP contribution in [0.15, 0.2) is 24.3 Å². The predicted octanol–water partition coefficient (Wildman–Crippen LogP) is 3.03. The van der Waals surface area contributed by atoms with Crippen molar-refractivity contribution in [2.75, 3.05) is 6.61 Å². The van der Waals surface area contributed by atoms with E-state index in [2.05, 4.69) is 0 Å². The van der Waals surface area contributed by atoms with Crippen molar-refractivity contribution in [2.24, 2.45) is 0 Å². The fourth-order valence-corrected chi connectivity index (χ4v) is 1.57. The predicted molar refractivity (Wildman–Crippen MR) is 66.5 cm³/mol. The van der Waals surface area contributed by atoms with Crippen molar-refractivity contribution in [3.05, 3.63) is 29.8 Å². The maximum absolute atomic E-state index is 11.8. The van der Waals surface area contributed by atoms with Crippen molar-refractivity contribution >= 4 is 11.6 Å². The lowest BCUT2D eigenvalue weighted by molar-refractivity contribution is -0.118. The van der Waals surface area contributed by atoms with Gasteiger partial charge in [-0.25, -0.2) is 0 Å². The van der Waals surface area contributed by atoms with Crippen molar-refractivity contribution in [3.8, 4) is 5.75 Å². The number of hydrogen-bond acceptors (Lipinski definition) is 3. The van der Waals surface area contributed by atoms with E-state index >= 15 is 0 Å². The third-order valence-electron chi connectivity index (χ3n) is 2.35. The van der Waals surface area contributed by atoms with E-state index in [4.69, 9.17) is 4.74 Å². The van der Waals surface area contributed by atoms with Crippen LogP contribution in [0.5, 0.6) is 5.75 Å². The first-order valence-electron chi connectivity index (χ1n) is 5.95. The average molecular weight is 234 g/mol. The first-order valence-corrected chi connectivity index (χ1v) is 5.95. The average Bonchev–Trinajstić information content (AvgIpc) is 2.30. The number of ether oxygens (including phenoxy) is 1. The van der Waals surface area contributed by atoms with Gasteiger partial charge in [-0.2, -0.15) is 0 Å². The van der Waals surface area contributed by atoms with E-state index < -0.39 is 0 Å². The summed E-state index contributed by atoms with van der Waals surface area (Å²) in [7, 11) is 0. The third kappa shape index (κ3) is 4.39. The number of ketones is 2. The van der Waals surface area contributed by atoms with Crippen LogP contribution in [0, 0.1) is 0 Å². The molecule has 0 radical (unpaired) electrons. The van der Waals surface area contributed by atoms with E-state index in [9.17, 15) is 9.59 Å². The van der Waals surface area contributed by atoms with Crippen LogP contribution < -0.4 is 4.74 Å². The van der Waals surface area contributed by atoms with Gasteiger partial charge in [0.1, 0.15) is 11.5 Å². The van der Waals surface area contributed by atoms with Gasteiger partial charge in [0.05, 0.1) is 13.0 Å². The minimum absolute atomic E-state index is 0.000636. The lowest BCUT2D eigenvalue weighted by atomic mass is 10.0. The van der Waals surface area contributed by atoms with E-state index in [-0.39, 0.29) is 18.0 Å². The molecule has 0 aliphatic heterocycles. The molecule has 0 aliphatic rings. The zero-order chi connectivity index (χ0) is 12.7. The molecule has 3 heteroatoms. The van der Waals surface area contributed by atoms with Crippen molar-refractivity contribution in [1.29, 1.82) is 0 Å². The highest BCUT2D eigenvalue weighted by molar-refractivity contribution is 6.08. The molecule has 0 saturated carbocycles. The van der Waals surface area contributed by atoms with Gasteiger partial charge in [0, 0.05) is 12.0 Å². The Labute approximate surface area is 102 Å². The zero-order valence-electron chi connectivity index (χ0n) is 10.4. The third-order valence-corrected chi connectivity index (χ3v) is 2.35. The van der Waals surface area contributed by atoms with Gasteiger partial charge >= 0.3 is 0 Å². The number of benzene rings is 1. The zero-order valence-corrected chi connectivity index (χ0v) is 10.4. The van der Waals surface area contributed by atoms with Crippen LogP contribution in [-0.4, -0.2) is 18.2 Å². The van der Waals surface area contributed by atoms with Gasteiger partial charge in [0.25, 0.3) is 0 Å². The summed E-state index contributed by atoms with van der Waals surface area (Å²) in [5, 5.41) is 0. The standard InChI is InChI=1S/C14H18O3/c1-3-6-12(15)10-14(16)11-7-5-8-13(9-11)17-4-2/h5,7-9H,3-4,6,10H2,1-2H3. The van der Waals surface area contributed by atoms with Crippen LogP contribution in [0.25, 0.3) is 0 Å². The van der Waals surface area contributed by atoms with Crippen molar-refractivity contribution in [1.82, 2.24) is 0 Å². The molecule has 0 aromatic heterocycles. The Hall–Kier alpha value is -1.64. The molecule has 0 N–H and O–H groups in total. The molecule has 0 spiro atoms. The largest absolute Gasteiger partial charge is 0.494 e. The monoisotopic (exact) mass is 234 g/mol.